The maximum absolute atomic E-state index is 12.6. The zero-order valence-electron chi connectivity index (χ0n) is 9.72. The summed E-state index contributed by atoms with van der Waals surface area (Å²) in [4.78, 5) is 12.6. The van der Waals surface area contributed by atoms with Crippen LogP contribution in [0.2, 0.25) is 10.0 Å². The van der Waals surface area contributed by atoms with E-state index in [-0.39, 0.29) is 11.2 Å². The second-order valence-corrected chi connectivity index (χ2v) is 5.36. The van der Waals surface area contributed by atoms with Crippen LogP contribution < -0.4 is 5.32 Å². The molecule has 1 aliphatic rings. The number of halogens is 2. The van der Waals surface area contributed by atoms with Gasteiger partial charge in [0.2, 0.25) is 0 Å². The Kier molecular flexibility index (Phi) is 3.76. The van der Waals surface area contributed by atoms with E-state index in [0.717, 1.165) is 25.9 Å². The fourth-order valence-electron chi connectivity index (χ4n) is 2.36. The fourth-order valence-corrected chi connectivity index (χ4v) is 2.73. The van der Waals surface area contributed by atoms with E-state index in [2.05, 4.69) is 5.32 Å². The van der Waals surface area contributed by atoms with Gasteiger partial charge in [-0.15, -0.1) is 0 Å². The Morgan fingerprint density at radius 1 is 1.47 bits per heavy atom. The van der Waals surface area contributed by atoms with Gasteiger partial charge in [-0.2, -0.15) is 0 Å². The molecule has 2 rings (SSSR count). The quantitative estimate of drug-likeness (QED) is 0.852. The average Bonchev–Trinajstić information content (AvgIpc) is 2.81. The first-order valence-corrected chi connectivity index (χ1v) is 6.55. The first-order chi connectivity index (χ1) is 8.09. The van der Waals surface area contributed by atoms with Crippen molar-refractivity contribution in [2.24, 2.45) is 5.41 Å². The number of nitrogens with one attached hydrogen (secondary N) is 1. The zero-order valence-corrected chi connectivity index (χ0v) is 11.2. The molecule has 2 nitrogen and oxygen atoms in total. The monoisotopic (exact) mass is 271 g/mol. The molecule has 0 aromatic heterocycles. The second kappa shape index (κ2) is 4.97. The van der Waals surface area contributed by atoms with Crippen LogP contribution in [-0.4, -0.2) is 18.9 Å². The van der Waals surface area contributed by atoms with Crippen molar-refractivity contribution in [3.05, 3.63) is 33.8 Å². The Balaban J connectivity index is 2.39. The van der Waals surface area contributed by atoms with Crippen LogP contribution >= 0.6 is 23.2 Å². The Morgan fingerprint density at radius 2 is 2.24 bits per heavy atom. The van der Waals surface area contributed by atoms with E-state index in [1.807, 2.05) is 6.92 Å². The standard InChI is InChI=1S/C13H15Cl2NO/c1-2-13(5-6-16-8-13)12(17)10-7-9(14)3-4-11(10)15/h3-4,7,16H,2,5-6,8H2,1H3. The number of hydrogen-bond donors (Lipinski definition) is 1. The van der Waals surface area contributed by atoms with E-state index in [0.29, 0.717) is 15.6 Å². The van der Waals surface area contributed by atoms with Gasteiger partial charge in [0, 0.05) is 22.5 Å². The van der Waals surface area contributed by atoms with Gasteiger partial charge < -0.3 is 5.32 Å². The molecule has 0 radical (unpaired) electrons. The van der Waals surface area contributed by atoms with Crippen LogP contribution in [0.25, 0.3) is 0 Å². The molecule has 1 fully saturated rings. The van der Waals surface area contributed by atoms with Crippen LogP contribution in [0.1, 0.15) is 30.1 Å². The van der Waals surface area contributed by atoms with Gasteiger partial charge >= 0.3 is 0 Å². The minimum absolute atomic E-state index is 0.109. The molecule has 0 amide bonds. The minimum atomic E-state index is -0.311. The van der Waals surface area contributed by atoms with Crippen LogP contribution in [-0.2, 0) is 0 Å². The van der Waals surface area contributed by atoms with Crippen LogP contribution in [0.5, 0.6) is 0 Å². The SMILES string of the molecule is CCC1(C(=O)c2cc(Cl)ccc2Cl)CCNC1. The highest BCUT2D eigenvalue weighted by Gasteiger charge is 2.40. The van der Waals surface area contributed by atoms with Crippen molar-refractivity contribution in [2.45, 2.75) is 19.8 Å². The number of ketones is 1. The van der Waals surface area contributed by atoms with Gasteiger partial charge in [-0.1, -0.05) is 30.1 Å². The van der Waals surface area contributed by atoms with Crippen molar-refractivity contribution in [3.8, 4) is 0 Å². The van der Waals surface area contributed by atoms with E-state index in [1.54, 1.807) is 18.2 Å². The third kappa shape index (κ3) is 2.35. The largest absolute Gasteiger partial charge is 0.316 e. The fraction of sp³-hybridized carbons (Fsp3) is 0.462. The molecule has 1 aromatic rings. The third-order valence-corrected chi connectivity index (χ3v) is 4.14. The molecule has 1 aromatic carbocycles. The highest BCUT2D eigenvalue weighted by molar-refractivity contribution is 6.36. The van der Waals surface area contributed by atoms with E-state index in [1.165, 1.54) is 0 Å². The summed E-state index contributed by atoms with van der Waals surface area (Å²) in [6.45, 7) is 3.66. The molecular weight excluding hydrogens is 257 g/mol. The molecule has 1 N–H and O–H groups in total. The molecule has 0 saturated carbocycles. The second-order valence-electron chi connectivity index (χ2n) is 4.51. The molecule has 1 unspecified atom stereocenters. The molecule has 0 spiro atoms. The summed E-state index contributed by atoms with van der Waals surface area (Å²) in [6, 6.07) is 5.05. The van der Waals surface area contributed by atoms with E-state index in [9.17, 15) is 4.79 Å². The van der Waals surface area contributed by atoms with Gasteiger partial charge in [0.25, 0.3) is 0 Å². The highest BCUT2D eigenvalue weighted by Crippen LogP contribution is 2.36. The molecule has 0 aliphatic carbocycles. The summed E-state index contributed by atoms with van der Waals surface area (Å²) >= 11 is 12.0. The summed E-state index contributed by atoms with van der Waals surface area (Å²) in [7, 11) is 0. The third-order valence-electron chi connectivity index (χ3n) is 3.58. The van der Waals surface area contributed by atoms with Crippen LogP contribution in [0.4, 0.5) is 0 Å². The summed E-state index contributed by atoms with van der Waals surface area (Å²) in [6.07, 6.45) is 1.69. The normalized spacial score (nSPS) is 23.9. The summed E-state index contributed by atoms with van der Waals surface area (Å²) in [5.74, 6) is 0.109. The van der Waals surface area contributed by atoms with Gasteiger partial charge in [0.05, 0.1) is 5.02 Å². The molecule has 17 heavy (non-hydrogen) atoms. The van der Waals surface area contributed by atoms with E-state index < -0.39 is 0 Å². The number of carbonyl (C=O) groups excluding carboxylic acids is 1. The average molecular weight is 272 g/mol. The summed E-state index contributed by atoms with van der Waals surface area (Å²) in [5.41, 5.74) is 0.235. The minimum Gasteiger partial charge on any atom is -0.316 e. The first kappa shape index (κ1) is 12.9. The van der Waals surface area contributed by atoms with Crippen molar-refractivity contribution in [3.63, 3.8) is 0 Å². The topological polar surface area (TPSA) is 29.1 Å². The lowest BCUT2D eigenvalue weighted by atomic mass is 9.77. The first-order valence-electron chi connectivity index (χ1n) is 5.79. The Morgan fingerprint density at radius 3 is 2.82 bits per heavy atom. The molecule has 92 valence electrons. The van der Waals surface area contributed by atoms with Crippen LogP contribution in [0.15, 0.2) is 18.2 Å². The van der Waals surface area contributed by atoms with Crippen LogP contribution in [0.3, 0.4) is 0 Å². The van der Waals surface area contributed by atoms with Crippen molar-refractivity contribution in [1.82, 2.24) is 5.32 Å². The molecular formula is C13H15Cl2NO. The predicted octanol–water partition coefficient (Wildman–Crippen LogP) is 3.57. The van der Waals surface area contributed by atoms with Gasteiger partial charge in [-0.3, -0.25) is 4.79 Å². The zero-order chi connectivity index (χ0) is 12.5. The Hall–Kier alpha value is -0.570. The highest BCUT2D eigenvalue weighted by atomic mass is 35.5. The molecule has 1 aliphatic heterocycles. The maximum Gasteiger partial charge on any atom is 0.171 e. The lowest BCUT2D eigenvalue weighted by Gasteiger charge is -2.25. The lowest BCUT2D eigenvalue weighted by molar-refractivity contribution is 0.0810. The Bertz CT molecular complexity index is 439. The molecule has 4 heteroatoms. The van der Waals surface area contributed by atoms with Crippen molar-refractivity contribution < 1.29 is 4.79 Å². The maximum atomic E-state index is 12.6. The lowest BCUT2D eigenvalue weighted by Crippen LogP contribution is -2.33. The number of Topliss-reactive ketones (excluding diaryl/α,β-unsaturated/α-hetero) is 1. The number of benzene rings is 1. The number of carbonyl (C=O) groups is 1. The van der Waals surface area contributed by atoms with E-state index in [4.69, 9.17) is 23.2 Å². The van der Waals surface area contributed by atoms with Gasteiger partial charge in [-0.05, 0) is 37.6 Å². The number of hydrogen-bond acceptors (Lipinski definition) is 2. The molecule has 1 saturated heterocycles. The Labute approximate surface area is 111 Å². The molecule has 1 heterocycles. The smallest absolute Gasteiger partial charge is 0.171 e. The van der Waals surface area contributed by atoms with Crippen molar-refractivity contribution in [1.29, 1.82) is 0 Å². The van der Waals surface area contributed by atoms with Crippen molar-refractivity contribution >= 4 is 29.0 Å². The summed E-state index contributed by atoms with van der Waals surface area (Å²) in [5, 5.41) is 4.29. The van der Waals surface area contributed by atoms with Gasteiger partial charge in [-0.25, -0.2) is 0 Å². The van der Waals surface area contributed by atoms with Crippen LogP contribution in [0, 0.1) is 5.41 Å². The predicted molar refractivity (Wildman–Crippen MR) is 71.0 cm³/mol. The molecule has 0 bridgehead atoms. The van der Waals surface area contributed by atoms with Gasteiger partial charge in [0.1, 0.15) is 0 Å². The van der Waals surface area contributed by atoms with E-state index >= 15 is 0 Å². The van der Waals surface area contributed by atoms with Crippen molar-refractivity contribution in [2.75, 3.05) is 13.1 Å². The number of rotatable bonds is 3. The summed E-state index contributed by atoms with van der Waals surface area (Å²) < 4.78 is 0. The van der Waals surface area contributed by atoms with Gasteiger partial charge in [0.15, 0.2) is 5.78 Å². The molecule has 1 atom stereocenters.